The highest BCUT2D eigenvalue weighted by atomic mass is 32.2. The molecule has 35 heavy (non-hydrogen) atoms. The van der Waals surface area contributed by atoms with Crippen LogP contribution in [0.3, 0.4) is 0 Å². The molecule has 0 aliphatic carbocycles. The average Bonchev–Trinajstić information content (AvgIpc) is 3.15. The summed E-state index contributed by atoms with van der Waals surface area (Å²) in [6.07, 6.45) is -0.0421. The van der Waals surface area contributed by atoms with Gasteiger partial charge in [0.15, 0.2) is 0 Å². The van der Waals surface area contributed by atoms with Crippen LogP contribution in [-0.2, 0) is 26.1 Å². The Morgan fingerprint density at radius 3 is 2.46 bits per heavy atom. The van der Waals surface area contributed by atoms with E-state index in [1.54, 1.807) is 54.0 Å². The fourth-order valence-electron chi connectivity index (χ4n) is 3.67. The van der Waals surface area contributed by atoms with Crippen molar-refractivity contribution in [2.24, 2.45) is 0 Å². The zero-order valence-electron chi connectivity index (χ0n) is 20.2. The van der Waals surface area contributed by atoms with Gasteiger partial charge in [0.2, 0.25) is 10.0 Å². The van der Waals surface area contributed by atoms with Crippen LogP contribution in [0, 0.1) is 11.3 Å². The van der Waals surface area contributed by atoms with E-state index in [1.165, 1.54) is 4.31 Å². The lowest BCUT2D eigenvalue weighted by molar-refractivity contribution is -0.143. The van der Waals surface area contributed by atoms with Crippen molar-refractivity contribution in [2.75, 3.05) is 44.4 Å². The molecule has 10 nitrogen and oxygen atoms in total. The predicted octanol–water partition coefficient (Wildman–Crippen LogP) is 1.88. The van der Waals surface area contributed by atoms with Crippen molar-refractivity contribution < 1.29 is 23.1 Å². The number of benzene rings is 2. The standard InChI is InChI=1S/C24H29N5O5S/c1-5-34-22(30)16-28-21-11-10-19(29(35(4,32)33)13-12-27(2)3)14-20(21)26-24(28)23(31)18-8-6-17(15-25)7-9-18/h6-11,14,23,31H,5,12-13,16H2,1-4H3. The second-order valence-electron chi connectivity index (χ2n) is 8.31. The number of ether oxygens (including phenoxy) is 1. The van der Waals surface area contributed by atoms with E-state index in [0.717, 1.165) is 6.26 Å². The highest BCUT2D eigenvalue weighted by Crippen LogP contribution is 2.29. The molecule has 1 N–H and O–H groups in total. The van der Waals surface area contributed by atoms with Crippen LogP contribution in [0.2, 0.25) is 0 Å². The van der Waals surface area contributed by atoms with Gasteiger partial charge in [-0.1, -0.05) is 12.1 Å². The zero-order valence-corrected chi connectivity index (χ0v) is 21.0. The van der Waals surface area contributed by atoms with Crippen LogP contribution in [0.25, 0.3) is 11.0 Å². The lowest BCUT2D eigenvalue weighted by atomic mass is 10.1. The monoisotopic (exact) mass is 499 g/mol. The molecule has 186 valence electrons. The molecule has 3 aromatic rings. The van der Waals surface area contributed by atoms with E-state index in [2.05, 4.69) is 4.98 Å². The number of nitriles is 1. The molecule has 0 aliphatic heterocycles. The van der Waals surface area contributed by atoms with Crippen molar-refractivity contribution in [3.8, 4) is 6.07 Å². The highest BCUT2D eigenvalue weighted by Gasteiger charge is 2.24. The molecule has 0 radical (unpaired) electrons. The Morgan fingerprint density at radius 2 is 1.89 bits per heavy atom. The van der Waals surface area contributed by atoms with Gasteiger partial charge in [0.05, 0.1) is 41.2 Å². The summed E-state index contributed by atoms with van der Waals surface area (Å²) in [6, 6.07) is 13.4. The second-order valence-corrected chi connectivity index (χ2v) is 10.2. The van der Waals surface area contributed by atoms with Crippen LogP contribution in [0.4, 0.5) is 5.69 Å². The Labute approximate surface area is 205 Å². The maximum absolute atomic E-state index is 12.5. The van der Waals surface area contributed by atoms with Gasteiger partial charge in [-0.25, -0.2) is 13.4 Å². The first-order valence-electron chi connectivity index (χ1n) is 11.0. The summed E-state index contributed by atoms with van der Waals surface area (Å²) in [5.41, 5.74) is 2.35. The number of aromatic nitrogens is 2. The lowest BCUT2D eigenvalue weighted by Gasteiger charge is -2.24. The molecule has 0 saturated carbocycles. The van der Waals surface area contributed by atoms with Crippen molar-refractivity contribution in [1.82, 2.24) is 14.5 Å². The number of hydrogen-bond donors (Lipinski definition) is 1. The number of imidazole rings is 1. The minimum absolute atomic E-state index is 0.178. The van der Waals surface area contributed by atoms with E-state index in [0.29, 0.717) is 34.4 Å². The number of nitrogens with zero attached hydrogens (tertiary/aromatic N) is 5. The lowest BCUT2D eigenvalue weighted by Crippen LogP contribution is -2.36. The fourth-order valence-corrected chi connectivity index (χ4v) is 4.58. The van der Waals surface area contributed by atoms with E-state index < -0.39 is 22.1 Å². The van der Waals surface area contributed by atoms with Gasteiger partial charge in [0.1, 0.15) is 18.5 Å². The number of likely N-dealkylation sites (N-methyl/N-ethyl adjacent to an activating group) is 1. The number of rotatable bonds is 10. The third-order valence-corrected chi connectivity index (χ3v) is 6.59. The summed E-state index contributed by atoms with van der Waals surface area (Å²) in [7, 11) is 0.162. The van der Waals surface area contributed by atoms with Gasteiger partial charge < -0.3 is 19.3 Å². The molecule has 0 amide bonds. The smallest absolute Gasteiger partial charge is 0.326 e. The topological polar surface area (TPSA) is 129 Å². The van der Waals surface area contributed by atoms with Gasteiger partial charge in [0.25, 0.3) is 0 Å². The van der Waals surface area contributed by atoms with Crippen molar-refractivity contribution in [3.63, 3.8) is 0 Å². The zero-order chi connectivity index (χ0) is 25.8. The summed E-state index contributed by atoms with van der Waals surface area (Å²) >= 11 is 0. The van der Waals surface area contributed by atoms with Gasteiger partial charge in [-0.2, -0.15) is 5.26 Å². The van der Waals surface area contributed by atoms with E-state index in [9.17, 15) is 18.3 Å². The molecule has 0 fully saturated rings. The van der Waals surface area contributed by atoms with E-state index in [1.807, 2.05) is 25.1 Å². The average molecular weight is 500 g/mol. The van der Waals surface area contributed by atoms with Gasteiger partial charge in [-0.15, -0.1) is 0 Å². The highest BCUT2D eigenvalue weighted by molar-refractivity contribution is 7.92. The Morgan fingerprint density at radius 1 is 1.20 bits per heavy atom. The number of fused-ring (bicyclic) bond motifs is 1. The van der Waals surface area contributed by atoms with Gasteiger partial charge in [0, 0.05) is 13.1 Å². The van der Waals surface area contributed by atoms with Crippen LogP contribution < -0.4 is 4.31 Å². The van der Waals surface area contributed by atoms with Crippen LogP contribution in [0.5, 0.6) is 0 Å². The number of esters is 1. The third kappa shape index (κ3) is 6.16. The predicted molar refractivity (Wildman–Crippen MR) is 132 cm³/mol. The van der Waals surface area contributed by atoms with Crippen LogP contribution in [-0.4, -0.2) is 74.0 Å². The van der Waals surface area contributed by atoms with Crippen molar-refractivity contribution in [2.45, 2.75) is 19.6 Å². The van der Waals surface area contributed by atoms with E-state index in [4.69, 9.17) is 10.00 Å². The molecule has 0 spiro atoms. The van der Waals surface area contributed by atoms with Crippen molar-refractivity contribution in [3.05, 3.63) is 59.4 Å². The van der Waals surface area contributed by atoms with Gasteiger partial charge in [-0.3, -0.25) is 9.10 Å². The van der Waals surface area contributed by atoms with Crippen LogP contribution in [0.1, 0.15) is 30.0 Å². The molecule has 0 saturated heterocycles. The van der Waals surface area contributed by atoms with Crippen molar-refractivity contribution in [1.29, 1.82) is 5.26 Å². The summed E-state index contributed by atoms with van der Waals surface area (Å²) in [5.74, 6) is -0.290. The number of sulfonamides is 1. The normalized spacial score (nSPS) is 12.5. The largest absolute Gasteiger partial charge is 0.465 e. The maximum atomic E-state index is 12.5. The molecule has 3 rings (SSSR count). The number of carbonyl (C=O) groups excluding carboxylic acids is 1. The molecular formula is C24H29N5O5S. The third-order valence-electron chi connectivity index (χ3n) is 5.39. The Kier molecular flexibility index (Phi) is 8.11. The first-order chi connectivity index (χ1) is 16.5. The molecule has 1 heterocycles. The Balaban J connectivity index is 2.11. The van der Waals surface area contributed by atoms with E-state index >= 15 is 0 Å². The summed E-state index contributed by atoms with van der Waals surface area (Å²) in [4.78, 5) is 18.8. The van der Waals surface area contributed by atoms with Gasteiger partial charge >= 0.3 is 5.97 Å². The Bertz CT molecular complexity index is 1340. The van der Waals surface area contributed by atoms with Crippen LogP contribution in [0.15, 0.2) is 42.5 Å². The SMILES string of the molecule is CCOC(=O)Cn1c(C(O)c2ccc(C#N)cc2)nc2cc(N(CCN(C)C)S(C)(=O)=O)ccc21. The summed E-state index contributed by atoms with van der Waals surface area (Å²) in [6.45, 7) is 2.50. The Hall–Kier alpha value is -3.46. The number of carbonyl (C=O) groups is 1. The van der Waals surface area contributed by atoms with Crippen LogP contribution >= 0.6 is 0 Å². The minimum atomic E-state index is -3.56. The molecule has 2 aromatic carbocycles. The first-order valence-corrected chi connectivity index (χ1v) is 12.9. The minimum Gasteiger partial charge on any atom is -0.465 e. The summed E-state index contributed by atoms with van der Waals surface area (Å²) < 4.78 is 32.9. The maximum Gasteiger partial charge on any atom is 0.326 e. The van der Waals surface area contributed by atoms with E-state index in [-0.39, 0.29) is 25.5 Å². The molecular weight excluding hydrogens is 470 g/mol. The number of hydrogen-bond acceptors (Lipinski definition) is 8. The van der Waals surface area contributed by atoms with Gasteiger partial charge in [-0.05, 0) is 56.9 Å². The fraction of sp³-hybridized carbons (Fsp3) is 0.375. The number of aliphatic hydroxyl groups excluding tert-OH is 1. The molecule has 1 unspecified atom stereocenters. The molecule has 0 bridgehead atoms. The number of anilines is 1. The molecule has 1 atom stereocenters. The molecule has 1 aromatic heterocycles. The second kappa shape index (κ2) is 10.9. The summed E-state index contributed by atoms with van der Waals surface area (Å²) in [5, 5.41) is 20.1. The first kappa shape index (κ1) is 26.2. The quantitative estimate of drug-likeness (QED) is 0.419. The van der Waals surface area contributed by atoms with Crippen molar-refractivity contribution >= 4 is 32.7 Å². The molecule has 11 heteroatoms. The molecule has 0 aliphatic rings. The number of aliphatic hydroxyl groups is 1.